The predicted octanol–water partition coefficient (Wildman–Crippen LogP) is 1.62. The van der Waals surface area contributed by atoms with E-state index in [4.69, 9.17) is 5.73 Å². The molecule has 68 valence electrons. The Kier molecular flexibility index (Phi) is 1.69. The Morgan fingerprint density at radius 3 is 3.08 bits per heavy atom. The number of aryl methyl sites for hydroxylation is 1. The smallest absolute Gasteiger partial charge is 0.143 e. The van der Waals surface area contributed by atoms with Gasteiger partial charge in [0.1, 0.15) is 17.3 Å². The van der Waals surface area contributed by atoms with Gasteiger partial charge < -0.3 is 5.73 Å². The molecule has 0 spiro atoms. The molecule has 13 heavy (non-hydrogen) atoms. The maximum atomic E-state index is 13.3. The van der Waals surface area contributed by atoms with Gasteiger partial charge in [-0.05, 0) is 18.1 Å². The molecule has 0 saturated carbocycles. The van der Waals surface area contributed by atoms with Gasteiger partial charge in [0, 0.05) is 6.20 Å². The number of hydrogen-bond acceptors (Lipinski definition) is 2. The summed E-state index contributed by atoms with van der Waals surface area (Å²) in [4.78, 5) is 4.04. The van der Waals surface area contributed by atoms with Gasteiger partial charge in [-0.15, -0.1) is 0 Å². The van der Waals surface area contributed by atoms with E-state index >= 15 is 0 Å². The van der Waals surface area contributed by atoms with Crippen LogP contribution in [-0.2, 0) is 6.42 Å². The van der Waals surface area contributed by atoms with E-state index in [2.05, 4.69) is 4.98 Å². The minimum absolute atomic E-state index is 0.236. The number of nitrogen functional groups attached to an aromatic ring is 1. The Balaban J connectivity index is 2.76. The second-order valence-electron chi connectivity index (χ2n) is 2.91. The van der Waals surface area contributed by atoms with E-state index < -0.39 is 0 Å². The minimum Gasteiger partial charge on any atom is -0.383 e. The Hall–Kier alpha value is -1.58. The molecule has 0 fully saturated rings. The first kappa shape index (κ1) is 8.04. The molecule has 2 heterocycles. The highest BCUT2D eigenvalue weighted by Gasteiger charge is 2.05. The summed E-state index contributed by atoms with van der Waals surface area (Å²) in [5.74, 6) is 0.219. The monoisotopic (exact) mass is 179 g/mol. The van der Waals surface area contributed by atoms with Crippen molar-refractivity contribution in [2.24, 2.45) is 0 Å². The molecule has 2 aromatic rings. The third-order valence-electron chi connectivity index (χ3n) is 2.09. The Bertz CT molecular complexity index is 447. The van der Waals surface area contributed by atoms with Crippen LogP contribution in [0.4, 0.5) is 10.2 Å². The lowest BCUT2D eigenvalue weighted by atomic mass is 10.2. The van der Waals surface area contributed by atoms with Crippen molar-refractivity contribution in [3.63, 3.8) is 0 Å². The van der Waals surface area contributed by atoms with E-state index in [1.54, 1.807) is 6.07 Å². The number of pyridine rings is 1. The van der Waals surface area contributed by atoms with Crippen molar-refractivity contribution in [2.75, 3.05) is 5.73 Å². The van der Waals surface area contributed by atoms with Crippen LogP contribution >= 0.6 is 0 Å². The minimum atomic E-state index is -0.236. The van der Waals surface area contributed by atoms with Gasteiger partial charge in [0.2, 0.25) is 0 Å². The van der Waals surface area contributed by atoms with Crippen LogP contribution in [-0.4, -0.2) is 9.38 Å². The van der Waals surface area contributed by atoms with E-state index in [1.807, 2.05) is 6.92 Å². The van der Waals surface area contributed by atoms with E-state index in [0.29, 0.717) is 23.4 Å². The standard InChI is InChI=1S/C9H10FN3/c1-2-6-3-9-12-4-8(11)13(9)5-7(6)10/h3-5H,2,11H2,1H3. The number of rotatable bonds is 1. The fourth-order valence-electron chi connectivity index (χ4n) is 1.33. The van der Waals surface area contributed by atoms with Gasteiger partial charge >= 0.3 is 0 Å². The summed E-state index contributed by atoms with van der Waals surface area (Å²) >= 11 is 0. The van der Waals surface area contributed by atoms with Gasteiger partial charge in [-0.3, -0.25) is 4.40 Å². The van der Waals surface area contributed by atoms with Gasteiger partial charge in [0.25, 0.3) is 0 Å². The number of nitrogens with two attached hydrogens (primary N) is 1. The van der Waals surface area contributed by atoms with Crippen molar-refractivity contribution in [1.82, 2.24) is 9.38 Å². The Morgan fingerprint density at radius 1 is 1.62 bits per heavy atom. The molecule has 0 saturated heterocycles. The first-order valence-electron chi connectivity index (χ1n) is 4.13. The van der Waals surface area contributed by atoms with Gasteiger partial charge in [-0.25, -0.2) is 9.37 Å². The molecule has 2 rings (SSSR count). The van der Waals surface area contributed by atoms with Gasteiger partial charge in [0.05, 0.1) is 6.20 Å². The van der Waals surface area contributed by atoms with Gasteiger partial charge in [0.15, 0.2) is 0 Å². The summed E-state index contributed by atoms with van der Waals surface area (Å²) in [6.07, 6.45) is 3.56. The zero-order valence-electron chi connectivity index (χ0n) is 7.29. The zero-order chi connectivity index (χ0) is 9.42. The first-order valence-corrected chi connectivity index (χ1v) is 4.13. The highest BCUT2D eigenvalue weighted by molar-refractivity contribution is 5.49. The third kappa shape index (κ3) is 1.14. The fraction of sp³-hybridized carbons (Fsp3) is 0.222. The number of anilines is 1. The lowest BCUT2D eigenvalue weighted by molar-refractivity contribution is 0.604. The predicted molar refractivity (Wildman–Crippen MR) is 48.9 cm³/mol. The van der Waals surface area contributed by atoms with Crippen LogP contribution in [0.1, 0.15) is 12.5 Å². The van der Waals surface area contributed by atoms with Gasteiger partial charge in [-0.1, -0.05) is 6.92 Å². The fourth-order valence-corrected chi connectivity index (χ4v) is 1.33. The molecular formula is C9H10FN3. The number of aromatic nitrogens is 2. The molecule has 0 bridgehead atoms. The zero-order valence-corrected chi connectivity index (χ0v) is 7.29. The molecule has 3 nitrogen and oxygen atoms in total. The average molecular weight is 179 g/mol. The second-order valence-corrected chi connectivity index (χ2v) is 2.91. The van der Waals surface area contributed by atoms with Crippen molar-refractivity contribution >= 4 is 11.5 Å². The normalized spacial score (nSPS) is 10.9. The molecule has 0 aliphatic heterocycles. The highest BCUT2D eigenvalue weighted by atomic mass is 19.1. The van der Waals surface area contributed by atoms with Crippen molar-refractivity contribution in [3.8, 4) is 0 Å². The number of fused-ring (bicyclic) bond motifs is 1. The van der Waals surface area contributed by atoms with Crippen LogP contribution in [0.25, 0.3) is 5.65 Å². The molecular weight excluding hydrogens is 169 g/mol. The van der Waals surface area contributed by atoms with Crippen molar-refractivity contribution in [3.05, 3.63) is 29.8 Å². The Morgan fingerprint density at radius 2 is 2.38 bits per heavy atom. The Labute approximate surface area is 75.0 Å². The average Bonchev–Trinajstić information content (AvgIpc) is 2.47. The lowest BCUT2D eigenvalue weighted by Crippen LogP contribution is -1.96. The summed E-state index contributed by atoms with van der Waals surface area (Å²) in [5.41, 5.74) is 6.93. The van der Waals surface area contributed by atoms with E-state index in [0.717, 1.165) is 0 Å². The van der Waals surface area contributed by atoms with Crippen LogP contribution in [0.2, 0.25) is 0 Å². The maximum absolute atomic E-state index is 13.3. The number of hydrogen-bond donors (Lipinski definition) is 1. The molecule has 0 atom stereocenters. The maximum Gasteiger partial charge on any atom is 0.143 e. The summed E-state index contributed by atoms with van der Waals surface area (Å²) in [5, 5.41) is 0. The van der Waals surface area contributed by atoms with Crippen LogP contribution in [0.5, 0.6) is 0 Å². The summed E-state index contributed by atoms with van der Waals surface area (Å²) in [7, 11) is 0. The van der Waals surface area contributed by atoms with Crippen LogP contribution in [0.15, 0.2) is 18.5 Å². The summed E-state index contributed by atoms with van der Waals surface area (Å²) in [6.45, 7) is 1.90. The van der Waals surface area contributed by atoms with Crippen LogP contribution in [0.3, 0.4) is 0 Å². The number of imidazole rings is 1. The second kappa shape index (κ2) is 2.73. The van der Waals surface area contributed by atoms with Gasteiger partial charge in [-0.2, -0.15) is 0 Å². The molecule has 0 aromatic carbocycles. The molecule has 0 unspecified atom stereocenters. The molecule has 4 heteroatoms. The summed E-state index contributed by atoms with van der Waals surface area (Å²) < 4.78 is 14.8. The molecule has 0 radical (unpaired) electrons. The lowest BCUT2D eigenvalue weighted by Gasteiger charge is -2.01. The summed E-state index contributed by atoms with van der Waals surface area (Å²) in [6, 6.07) is 1.71. The molecule has 2 N–H and O–H groups in total. The molecule has 2 aromatic heterocycles. The van der Waals surface area contributed by atoms with E-state index in [1.165, 1.54) is 16.8 Å². The largest absolute Gasteiger partial charge is 0.383 e. The van der Waals surface area contributed by atoms with Crippen molar-refractivity contribution < 1.29 is 4.39 Å². The third-order valence-corrected chi connectivity index (χ3v) is 2.09. The molecule has 0 aliphatic carbocycles. The highest BCUT2D eigenvalue weighted by Crippen LogP contribution is 2.14. The van der Waals surface area contributed by atoms with Crippen molar-refractivity contribution in [1.29, 1.82) is 0 Å². The topological polar surface area (TPSA) is 43.3 Å². The quantitative estimate of drug-likeness (QED) is 0.722. The molecule has 0 aliphatic rings. The SMILES string of the molecule is CCc1cc2ncc(N)n2cc1F. The van der Waals surface area contributed by atoms with Crippen LogP contribution in [0, 0.1) is 5.82 Å². The first-order chi connectivity index (χ1) is 6.22. The number of nitrogens with zero attached hydrogens (tertiary/aromatic N) is 2. The van der Waals surface area contributed by atoms with Crippen molar-refractivity contribution in [2.45, 2.75) is 13.3 Å². The van der Waals surface area contributed by atoms with E-state index in [9.17, 15) is 4.39 Å². The van der Waals surface area contributed by atoms with Crippen LogP contribution < -0.4 is 5.73 Å². The molecule has 0 amide bonds. The van der Waals surface area contributed by atoms with E-state index in [-0.39, 0.29) is 5.82 Å². The number of halogens is 1.